The van der Waals surface area contributed by atoms with Crippen molar-refractivity contribution in [3.63, 3.8) is 0 Å². The standard InChI is InChI=1S/C22H33NO6/c1-14(2)13-17(18(24)25)22(19(26)27,20(28)29-21(3,4)5)12-6-7-15-8-10-16(23)11-9-15/h8-11,14,17H,6-7,12-13,23H2,1-5H3,(H,24,25)(H,26,27). The molecule has 0 aromatic heterocycles. The Morgan fingerprint density at radius 3 is 2.03 bits per heavy atom. The van der Waals surface area contributed by atoms with Gasteiger partial charge in [-0.1, -0.05) is 26.0 Å². The van der Waals surface area contributed by atoms with Crippen molar-refractivity contribution >= 4 is 23.6 Å². The molecule has 0 amide bonds. The lowest BCUT2D eigenvalue weighted by Crippen LogP contribution is -2.51. The van der Waals surface area contributed by atoms with Gasteiger partial charge >= 0.3 is 17.9 Å². The van der Waals surface area contributed by atoms with E-state index < -0.39 is 34.8 Å². The highest BCUT2D eigenvalue weighted by Crippen LogP contribution is 2.40. The predicted octanol–water partition coefficient (Wildman–Crippen LogP) is 3.75. The van der Waals surface area contributed by atoms with Crippen LogP contribution in [0.4, 0.5) is 5.69 Å². The molecule has 0 fully saturated rings. The number of rotatable bonds is 10. The van der Waals surface area contributed by atoms with Crippen molar-refractivity contribution in [2.24, 2.45) is 17.3 Å². The number of benzene rings is 1. The maximum atomic E-state index is 13.1. The molecule has 1 aromatic rings. The van der Waals surface area contributed by atoms with Crippen molar-refractivity contribution in [3.05, 3.63) is 29.8 Å². The SMILES string of the molecule is CC(C)CC(C(=O)O)C(CCCc1ccc(N)cc1)(C(=O)O)C(=O)OC(C)(C)C. The third-order valence-corrected chi connectivity index (χ3v) is 4.76. The molecule has 0 heterocycles. The smallest absolute Gasteiger partial charge is 0.324 e. The first kappa shape index (κ1) is 24.5. The van der Waals surface area contributed by atoms with E-state index in [2.05, 4.69) is 0 Å². The number of ether oxygens (including phenoxy) is 1. The molecule has 0 aliphatic heterocycles. The van der Waals surface area contributed by atoms with E-state index in [0.29, 0.717) is 18.5 Å². The van der Waals surface area contributed by atoms with Gasteiger partial charge in [-0.15, -0.1) is 0 Å². The van der Waals surface area contributed by atoms with Crippen LogP contribution in [-0.2, 0) is 25.5 Å². The molecule has 0 aliphatic carbocycles. The number of carbonyl (C=O) groups is 3. The minimum atomic E-state index is -2.16. The van der Waals surface area contributed by atoms with Gasteiger partial charge in [0.2, 0.25) is 0 Å². The number of aliphatic carboxylic acids is 2. The number of nitrogen functional groups attached to an aromatic ring is 1. The van der Waals surface area contributed by atoms with Crippen molar-refractivity contribution in [2.45, 2.75) is 65.9 Å². The molecule has 7 nitrogen and oxygen atoms in total. The highest BCUT2D eigenvalue weighted by atomic mass is 16.6. The quantitative estimate of drug-likeness (QED) is 0.306. The fraction of sp³-hybridized carbons (Fsp3) is 0.591. The number of carboxylic acid groups (broad SMARTS) is 2. The van der Waals surface area contributed by atoms with Gasteiger partial charge in [-0.3, -0.25) is 14.4 Å². The lowest BCUT2D eigenvalue weighted by atomic mass is 9.68. The first-order valence-corrected chi connectivity index (χ1v) is 9.83. The largest absolute Gasteiger partial charge is 0.481 e. The summed E-state index contributed by atoms with van der Waals surface area (Å²) in [6.07, 6.45) is 0.734. The molecule has 0 spiro atoms. The molecular formula is C22H33NO6. The maximum Gasteiger partial charge on any atom is 0.324 e. The molecule has 0 saturated carbocycles. The molecule has 4 N–H and O–H groups in total. The lowest BCUT2D eigenvalue weighted by molar-refractivity contribution is -0.187. The van der Waals surface area contributed by atoms with E-state index in [-0.39, 0.29) is 18.8 Å². The minimum absolute atomic E-state index is 0.0583. The molecule has 1 rings (SSSR count). The average molecular weight is 408 g/mol. The van der Waals surface area contributed by atoms with Crippen LogP contribution in [0.2, 0.25) is 0 Å². The lowest BCUT2D eigenvalue weighted by Gasteiger charge is -2.36. The third kappa shape index (κ3) is 6.76. The summed E-state index contributed by atoms with van der Waals surface area (Å²) in [5, 5.41) is 19.9. The number of carbonyl (C=O) groups excluding carboxylic acids is 1. The summed E-state index contributed by atoms with van der Waals surface area (Å²) in [6.45, 7) is 8.48. The molecule has 162 valence electrons. The fourth-order valence-electron chi connectivity index (χ4n) is 3.37. The summed E-state index contributed by atoms with van der Waals surface area (Å²) in [7, 11) is 0. The van der Waals surface area contributed by atoms with Crippen LogP contribution in [0, 0.1) is 17.3 Å². The van der Waals surface area contributed by atoms with Crippen LogP contribution in [0.5, 0.6) is 0 Å². The summed E-state index contributed by atoms with van der Waals surface area (Å²) < 4.78 is 5.40. The van der Waals surface area contributed by atoms with Crippen molar-refractivity contribution in [1.82, 2.24) is 0 Å². The average Bonchev–Trinajstić information content (AvgIpc) is 2.56. The summed E-state index contributed by atoms with van der Waals surface area (Å²) in [4.78, 5) is 37.5. The third-order valence-electron chi connectivity index (χ3n) is 4.76. The maximum absolute atomic E-state index is 13.1. The number of hydrogen-bond donors (Lipinski definition) is 3. The summed E-state index contributed by atoms with van der Waals surface area (Å²) in [5.74, 6) is -5.25. The zero-order valence-corrected chi connectivity index (χ0v) is 17.9. The zero-order chi connectivity index (χ0) is 22.4. The Balaban J connectivity index is 3.27. The Bertz CT molecular complexity index is 720. The molecule has 7 heteroatoms. The van der Waals surface area contributed by atoms with Crippen LogP contribution in [-0.4, -0.2) is 33.7 Å². The predicted molar refractivity (Wildman–Crippen MR) is 110 cm³/mol. The number of carboxylic acids is 2. The number of hydrogen-bond acceptors (Lipinski definition) is 5. The highest BCUT2D eigenvalue weighted by Gasteiger charge is 2.57. The Hall–Kier alpha value is -2.57. The Kier molecular flexibility index (Phi) is 8.24. The van der Waals surface area contributed by atoms with E-state index in [1.54, 1.807) is 46.8 Å². The number of nitrogens with two attached hydrogens (primary N) is 1. The van der Waals surface area contributed by atoms with Crippen LogP contribution in [0.3, 0.4) is 0 Å². The second-order valence-electron chi connectivity index (χ2n) is 8.89. The molecule has 1 aromatic carbocycles. The van der Waals surface area contributed by atoms with E-state index in [1.165, 1.54) is 0 Å². The molecule has 0 radical (unpaired) electrons. The van der Waals surface area contributed by atoms with E-state index in [1.807, 2.05) is 12.1 Å². The van der Waals surface area contributed by atoms with E-state index >= 15 is 0 Å². The number of anilines is 1. The molecule has 0 saturated heterocycles. The Morgan fingerprint density at radius 1 is 1.07 bits per heavy atom. The topological polar surface area (TPSA) is 127 Å². The van der Waals surface area contributed by atoms with Crippen LogP contribution in [0.15, 0.2) is 24.3 Å². The van der Waals surface area contributed by atoms with Crippen LogP contribution in [0.25, 0.3) is 0 Å². The van der Waals surface area contributed by atoms with E-state index in [0.717, 1.165) is 5.56 Å². The van der Waals surface area contributed by atoms with Gasteiger partial charge in [0.25, 0.3) is 0 Å². The van der Waals surface area contributed by atoms with E-state index in [4.69, 9.17) is 10.5 Å². The van der Waals surface area contributed by atoms with Gasteiger partial charge < -0.3 is 20.7 Å². The van der Waals surface area contributed by atoms with Gasteiger partial charge in [-0.25, -0.2) is 0 Å². The second kappa shape index (κ2) is 9.76. The highest BCUT2D eigenvalue weighted by molar-refractivity contribution is 6.03. The van der Waals surface area contributed by atoms with Crippen LogP contribution < -0.4 is 5.73 Å². The van der Waals surface area contributed by atoms with Gasteiger partial charge in [-0.2, -0.15) is 0 Å². The van der Waals surface area contributed by atoms with Crippen molar-refractivity contribution in [1.29, 1.82) is 0 Å². The first-order chi connectivity index (χ1) is 13.3. The summed E-state index contributed by atoms with van der Waals surface area (Å²) in [5.41, 5.74) is 4.13. The number of aryl methyl sites for hydroxylation is 1. The molecule has 0 aliphatic rings. The molecule has 29 heavy (non-hydrogen) atoms. The van der Waals surface area contributed by atoms with Crippen molar-refractivity contribution < 1.29 is 29.3 Å². The zero-order valence-electron chi connectivity index (χ0n) is 17.9. The van der Waals surface area contributed by atoms with Gasteiger partial charge in [0.1, 0.15) is 5.60 Å². The second-order valence-corrected chi connectivity index (χ2v) is 8.89. The number of esters is 1. The van der Waals surface area contributed by atoms with E-state index in [9.17, 15) is 24.6 Å². The molecule has 0 bridgehead atoms. The van der Waals surface area contributed by atoms with Crippen LogP contribution >= 0.6 is 0 Å². The minimum Gasteiger partial charge on any atom is -0.481 e. The van der Waals surface area contributed by atoms with Gasteiger partial charge in [0.15, 0.2) is 5.41 Å². The summed E-state index contributed by atoms with van der Waals surface area (Å²) >= 11 is 0. The van der Waals surface area contributed by atoms with Crippen molar-refractivity contribution in [3.8, 4) is 0 Å². The normalized spacial score (nSPS) is 14.8. The van der Waals surface area contributed by atoms with Gasteiger partial charge in [-0.05, 0) is 70.1 Å². The Labute approximate surface area is 172 Å². The van der Waals surface area contributed by atoms with Crippen molar-refractivity contribution in [2.75, 3.05) is 5.73 Å². The summed E-state index contributed by atoms with van der Waals surface area (Å²) in [6, 6.07) is 7.14. The first-order valence-electron chi connectivity index (χ1n) is 9.83. The molecule has 2 unspecified atom stereocenters. The van der Waals surface area contributed by atoms with Gasteiger partial charge in [0.05, 0.1) is 5.92 Å². The monoisotopic (exact) mass is 407 g/mol. The fourth-order valence-corrected chi connectivity index (χ4v) is 3.37. The Morgan fingerprint density at radius 2 is 1.62 bits per heavy atom. The molecular weight excluding hydrogens is 374 g/mol. The van der Waals surface area contributed by atoms with Gasteiger partial charge in [0, 0.05) is 5.69 Å². The molecule has 2 atom stereocenters. The van der Waals surface area contributed by atoms with Crippen LogP contribution in [0.1, 0.15) is 59.4 Å².